The van der Waals surface area contributed by atoms with Gasteiger partial charge in [-0.3, -0.25) is 9.59 Å². The number of nitrogens with one attached hydrogen (secondary N) is 2. The van der Waals surface area contributed by atoms with Crippen LogP contribution in [0.5, 0.6) is 11.5 Å². The number of hydrogen-bond acceptors (Lipinski definition) is 4. The second kappa shape index (κ2) is 8.60. The summed E-state index contributed by atoms with van der Waals surface area (Å²) in [5, 5.41) is 5.47. The highest BCUT2D eigenvalue weighted by molar-refractivity contribution is 9.10. The van der Waals surface area contributed by atoms with Crippen LogP contribution in [-0.4, -0.2) is 32.6 Å². The van der Waals surface area contributed by atoms with Gasteiger partial charge in [-0.25, -0.2) is 4.39 Å². The van der Waals surface area contributed by atoms with Crippen molar-refractivity contribution < 1.29 is 23.5 Å². The minimum atomic E-state index is -0.641. The van der Waals surface area contributed by atoms with Crippen LogP contribution < -0.4 is 20.1 Å². The highest BCUT2D eigenvalue weighted by atomic mass is 79.9. The Morgan fingerprint density at radius 3 is 2.68 bits per heavy atom. The molecule has 8 heteroatoms. The van der Waals surface area contributed by atoms with Crippen LogP contribution >= 0.6 is 15.9 Å². The van der Waals surface area contributed by atoms with Crippen LogP contribution in [0.4, 0.5) is 10.1 Å². The molecule has 0 radical (unpaired) electrons. The lowest BCUT2D eigenvalue weighted by molar-refractivity contribution is -0.126. The van der Waals surface area contributed by atoms with E-state index < -0.39 is 11.7 Å². The number of carbonyl (C=O) groups excluding carboxylic acids is 2. The number of fused-ring (bicyclic) bond motifs is 1. The third kappa shape index (κ3) is 4.27. The summed E-state index contributed by atoms with van der Waals surface area (Å²) in [5.41, 5.74) is 1.91. The molecule has 2 aromatic carbocycles. The molecule has 0 bridgehead atoms. The Kier molecular flexibility index (Phi) is 6.18. The van der Waals surface area contributed by atoms with Crippen LogP contribution in [0.15, 0.2) is 34.8 Å². The third-order valence-corrected chi connectivity index (χ3v) is 5.36. The SMILES string of the molecule is COc1cc(Br)c(CCNC(=O)C2CC(=O)Nc3cc(F)ccc32)cc1OC. The first-order valence-corrected chi connectivity index (χ1v) is 9.49. The van der Waals surface area contributed by atoms with E-state index in [4.69, 9.17) is 9.47 Å². The van der Waals surface area contributed by atoms with Crippen LogP contribution in [0.2, 0.25) is 0 Å². The van der Waals surface area contributed by atoms with E-state index in [2.05, 4.69) is 26.6 Å². The molecule has 2 N–H and O–H groups in total. The summed E-state index contributed by atoms with van der Waals surface area (Å²) in [7, 11) is 3.12. The summed E-state index contributed by atoms with van der Waals surface area (Å²) in [6, 6.07) is 7.72. The largest absolute Gasteiger partial charge is 0.493 e. The van der Waals surface area contributed by atoms with E-state index >= 15 is 0 Å². The smallest absolute Gasteiger partial charge is 0.228 e. The number of benzene rings is 2. The van der Waals surface area contributed by atoms with E-state index in [1.165, 1.54) is 12.1 Å². The monoisotopic (exact) mass is 450 g/mol. The van der Waals surface area contributed by atoms with Gasteiger partial charge in [0.2, 0.25) is 11.8 Å². The molecular weight excluding hydrogens is 431 g/mol. The van der Waals surface area contributed by atoms with Gasteiger partial charge in [-0.1, -0.05) is 22.0 Å². The van der Waals surface area contributed by atoms with Crippen molar-refractivity contribution in [3.05, 3.63) is 51.7 Å². The maximum atomic E-state index is 13.4. The maximum absolute atomic E-state index is 13.4. The summed E-state index contributed by atoms with van der Waals surface area (Å²) in [6.45, 7) is 0.377. The van der Waals surface area contributed by atoms with Gasteiger partial charge in [0, 0.05) is 23.1 Å². The lowest BCUT2D eigenvalue weighted by Gasteiger charge is -2.25. The van der Waals surface area contributed by atoms with Crippen molar-refractivity contribution in [1.82, 2.24) is 5.32 Å². The highest BCUT2D eigenvalue weighted by Gasteiger charge is 2.30. The minimum Gasteiger partial charge on any atom is -0.493 e. The number of amides is 2. The van der Waals surface area contributed by atoms with Gasteiger partial charge >= 0.3 is 0 Å². The van der Waals surface area contributed by atoms with Crippen LogP contribution in [0.3, 0.4) is 0 Å². The number of rotatable bonds is 6. The zero-order valence-corrected chi connectivity index (χ0v) is 17.1. The van der Waals surface area contributed by atoms with Crippen LogP contribution in [-0.2, 0) is 16.0 Å². The van der Waals surface area contributed by atoms with Crippen molar-refractivity contribution in [3.8, 4) is 11.5 Å². The molecule has 2 amide bonds. The first-order chi connectivity index (χ1) is 13.4. The molecule has 0 aromatic heterocycles. The first kappa shape index (κ1) is 20.1. The topological polar surface area (TPSA) is 76.7 Å². The second-order valence-corrected chi connectivity index (χ2v) is 7.23. The minimum absolute atomic E-state index is 0.0323. The average Bonchev–Trinajstić information content (AvgIpc) is 2.67. The predicted molar refractivity (Wildman–Crippen MR) is 106 cm³/mol. The predicted octanol–water partition coefficient (Wildman–Crippen LogP) is 3.39. The van der Waals surface area contributed by atoms with Crippen molar-refractivity contribution >= 4 is 33.4 Å². The Labute approximate surface area is 170 Å². The highest BCUT2D eigenvalue weighted by Crippen LogP contribution is 2.34. The number of hydrogen-bond donors (Lipinski definition) is 2. The van der Waals surface area contributed by atoms with Gasteiger partial charge in [0.05, 0.1) is 20.1 Å². The summed E-state index contributed by atoms with van der Waals surface area (Å²) in [4.78, 5) is 24.5. The van der Waals surface area contributed by atoms with Gasteiger partial charge in [-0.2, -0.15) is 0 Å². The molecule has 2 aromatic rings. The van der Waals surface area contributed by atoms with Crippen LogP contribution in [0.25, 0.3) is 0 Å². The fraction of sp³-hybridized carbons (Fsp3) is 0.300. The number of anilines is 1. The van der Waals surface area contributed by atoms with Crippen molar-refractivity contribution in [1.29, 1.82) is 0 Å². The normalized spacial score (nSPS) is 15.4. The molecule has 0 fully saturated rings. The zero-order valence-electron chi connectivity index (χ0n) is 15.5. The van der Waals surface area contributed by atoms with E-state index in [9.17, 15) is 14.0 Å². The Morgan fingerprint density at radius 1 is 1.25 bits per heavy atom. The van der Waals surface area contributed by atoms with Gasteiger partial charge in [0.15, 0.2) is 11.5 Å². The van der Waals surface area contributed by atoms with Crippen LogP contribution in [0.1, 0.15) is 23.5 Å². The molecule has 3 rings (SSSR count). The molecule has 0 saturated heterocycles. The van der Waals surface area contributed by atoms with E-state index in [0.717, 1.165) is 10.0 Å². The fourth-order valence-corrected chi connectivity index (χ4v) is 3.72. The summed E-state index contributed by atoms with van der Waals surface area (Å²) < 4.78 is 24.8. The van der Waals surface area contributed by atoms with Gasteiger partial charge in [-0.15, -0.1) is 0 Å². The molecule has 0 aliphatic carbocycles. The van der Waals surface area contributed by atoms with Crippen molar-refractivity contribution in [3.63, 3.8) is 0 Å². The van der Waals surface area contributed by atoms with E-state index in [1.54, 1.807) is 20.3 Å². The van der Waals surface area contributed by atoms with Crippen molar-refractivity contribution in [2.45, 2.75) is 18.8 Å². The molecule has 6 nitrogen and oxygen atoms in total. The molecule has 148 valence electrons. The number of methoxy groups -OCH3 is 2. The van der Waals surface area contributed by atoms with E-state index in [0.29, 0.717) is 35.7 Å². The van der Waals surface area contributed by atoms with E-state index in [-0.39, 0.29) is 18.2 Å². The number of halogens is 2. The quantitative estimate of drug-likeness (QED) is 0.706. The third-order valence-electron chi connectivity index (χ3n) is 4.62. The summed E-state index contributed by atoms with van der Waals surface area (Å²) >= 11 is 3.49. The maximum Gasteiger partial charge on any atom is 0.228 e. The molecule has 0 spiro atoms. The first-order valence-electron chi connectivity index (χ1n) is 8.70. The lowest BCUT2D eigenvalue weighted by atomic mass is 9.89. The van der Waals surface area contributed by atoms with E-state index in [1.807, 2.05) is 12.1 Å². The molecule has 1 unspecified atom stereocenters. The molecule has 0 saturated carbocycles. The number of carbonyl (C=O) groups is 2. The van der Waals surface area contributed by atoms with Gasteiger partial charge < -0.3 is 20.1 Å². The molecule has 1 atom stereocenters. The molecule has 28 heavy (non-hydrogen) atoms. The molecule has 1 heterocycles. The zero-order chi connectivity index (χ0) is 20.3. The molecular formula is C20H20BrFN2O4. The molecule has 1 aliphatic heterocycles. The van der Waals surface area contributed by atoms with Crippen molar-refractivity contribution in [2.75, 3.05) is 26.1 Å². The standard InChI is InChI=1S/C20H20BrFN2O4/c1-27-17-7-11(15(21)10-18(17)28-2)5-6-23-20(26)14-9-19(25)24-16-8-12(22)3-4-13(14)16/h3-4,7-8,10,14H,5-6,9H2,1-2H3,(H,23,26)(H,24,25). The summed E-state index contributed by atoms with van der Waals surface area (Å²) in [5.74, 6) is -0.456. The number of ether oxygens (including phenoxy) is 2. The molecule has 1 aliphatic rings. The van der Waals surface area contributed by atoms with Crippen LogP contribution in [0, 0.1) is 5.82 Å². The van der Waals surface area contributed by atoms with Crippen molar-refractivity contribution in [2.24, 2.45) is 0 Å². The Bertz CT molecular complexity index is 919. The second-order valence-electron chi connectivity index (χ2n) is 6.38. The average molecular weight is 451 g/mol. The van der Waals surface area contributed by atoms with Gasteiger partial charge in [0.1, 0.15) is 5.82 Å². The summed E-state index contributed by atoms with van der Waals surface area (Å²) in [6.07, 6.45) is 0.590. The van der Waals surface area contributed by atoms with Gasteiger partial charge in [-0.05, 0) is 41.8 Å². The lowest BCUT2D eigenvalue weighted by Crippen LogP contribution is -2.36. The van der Waals surface area contributed by atoms with Gasteiger partial charge in [0.25, 0.3) is 0 Å². The Balaban J connectivity index is 1.68. The Morgan fingerprint density at radius 2 is 1.96 bits per heavy atom. The Hall–Kier alpha value is -2.61. The fourth-order valence-electron chi connectivity index (χ4n) is 3.20.